The molecule has 0 aliphatic carbocycles. The Morgan fingerprint density at radius 3 is 2.36 bits per heavy atom. The van der Waals surface area contributed by atoms with Gasteiger partial charge in [0.2, 0.25) is 0 Å². The predicted molar refractivity (Wildman–Crippen MR) is 92.5 cm³/mol. The Morgan fingerprint density at radius 2 is 1.86 bits per heavy atom. The molecule has 0 N–H and O–H groups in total. The molecule has 3 heteroatoms. The Bertz CT molecular complexity index is 416. The lowest BCUT2D eigenvalue weighted by atomic mass is 9.80. The quantitative estimate of drug-likeness (QED) is 0.505. The molecule has 1 aliphatic heterocycles. The van der Waals surface area contributed by atoms with Crippen molar-refractivity contribution in [1.82, 2.24) is 4.90 Å². The number of rotatable bonds is 7. The van der Waals surface area contributed by atoms with Crippen molar-refractivity contribution in [3.8, 4) is 0 Å². The molecular weight excluding hydrogens is 274 g/mol. The summed E-state index contributed by atoms with van der Waals surface area (Å²) in [6, 6.07) is 0.162. The van der Waals surface area contributed by atoms with Gasteiger partial charge in [-0.1, -0.05) is 38.3 Å². The van der Waals surface area contributed by atoms with Crippen LogP contribution in [0.15, 0.2) is 24.4 Å². The zero-order chi connectivity index (χ0) is 16.8. The van der Waals surface area contributed by atoms with Crippen LogP contribution in [0.4, 0.5) is 0 Å². The predicted octanol–water partition coefficient (Wildman–Crippen LogP) is 4.69. The number of hydrogen-bond donors (Lipinski definition) is 0. The maximum absolute atomic E-state index is 12.7. The van der Waals surface area contributed by atoms with Gasteiger partial charge in [0.1, 0.15) is 5.60 Å². The molecule has 1 rings (SSSR count). The van der Waals surface area contributed by atoms with Crippen molar-refractivity contribution in [3.05, 3.63) is 24.4 Å². The van der Waals surface area contributed by atoms with Gasteiger partial charge in [-0.25, -0.2) is 0 Å². The highest BCUT2D eigenvalue weighted by molar-refractivity contribution is 5.77. The fraction of sp³-hybridized carbons (Fsp3) is 0.737. The van der Waals surface area contributed by atoms with Gasteiger partial charge in [0.05, 0.1) is 5.41 Å². The Labute approximate surface area is 136 Å². The first-order chi connectivity index (χ1) is 10.2. The van der Waals surface area contributed by atoms with Crippen LogP contribution in [0.2, 0.25) is 0 Å². The van der Waals surface area contributed by atoms with Crippen LogP contribution < -0.4 is 0 Å². The van der Waals surface area contributed by atoms with E-state index in [-0.39, 0.29) is 12.0 Å². The fourth-order valence-corrected chi connectivity index (χ4v) is 2.79. The number of carbonyl (C=O) groups is 1. The molecule has 0 fully saturated rings. The summed E-state index contributed by atoms with van der Waals surface area (Å²) in [7, 11) is 0. The Kier molecular flexibility index (Phi) is 6.70. The SMILES string of the molecule is CCCCCC(N1C=CC=CC1)C(C)(C)C(=O)OC(C)(C)C. The third-order valence-corrected chi connectivity index (χ3v) is 4.08. The standard InChI is InChI=1S/C19H33NO2/c1-7-8-10-13-16(20-14-11-9-12-15-20)19(5,6)17(21)22-18(2,3)4/h9,11-12,14,16H,7-8,10,13,15H2,1-6H3. The van der Waals surface area contributed by atoms with Crippen LogP contribution in [0.3, 0.4) is 0 Å². The second-order valence-corrected chi connectivity index (χ2v) is 7.70. The van der Waals surface area contributed by atoms with Crippen LogP contribution >= 0.6 is 0 Å². The average molecular weight is 307 g/mol. The minimum Gasteiger partial charge on any atom is -0.459 e. The van der Waals surface area contributed by atoms with E-state index in [1.54, 1.807) is 0 Å². The summed E-state index contributed by atoms with van der Waals surface area (Å²) in [5.41, 5.74) is -0.976. The van der Waals surface area contributed by atoms with Gasteiger partial charge in [0, 0.05) is 12.6 Å². The molecule has 0 spiro atoms. The van der Waals surface area contributed by atoms with E-state index in [2.05, 4.69) is 30.2 Å². The van der Waals surface area contributed by atoms with Crippen LogP contribution in [-0.4, -0.2) is 29.1 Å². The monoisotopic (exact) mass is 307 g/mol. The van der Waals surface area contributed by atoms with Crippen LogP contribution in [-0.2, 0) is 9.53 Å². The number of nitrogens with zero attached hydrogens (tertiary/aromatic N) is 1. The first-order valence-corrected chi connectivity index (χ1v) is 8.51. The highest BCUT2D eigenvalue weighted by Crippen LogP contribution is 2.33. The van der Waals surface area contributed by atoms with E-state index in [4.69, 9.17) is 4.74 Å². The fourth-order valence-electron chi connectivity index (χ4n) is 2.79. The van der Waals surface area contributed by atoms with Crippen LogP contribution in [0.25, 0.3) is 0 Å². The van der Waals surface area contributed by atoms with Crippen molar-refractivity contribution in [2.75, 3.05) is 6.54 Å². The highest BCUT2D eigenvalue weighted by Gasteiger charge is 2.41. The summed E-state index contributed by atoms with van der Waals surface area (Å²) in [5, 5.41) is 0. The average Bonchev–Trinajstić information content (AvgIpc) is 2.42. The van der Waals surface area contributed by atoms with Gasteiger partial charge in [0.15, 0.2) is 0 Å². The molecule has 0 aromatic heterocycles. The summed E-state index contributed by atoms with van der Waals surface area (Å²) >= 11 is 0. The normalized spacial score (nSPS) is 16.7. The molecule has 22 heavy (non-hydrogen) atoms. The maximum atomic E-state index is 12.7. The van der Waals surface area contributed by atoms with E-state index in [1.165, 1.54) is 12.8 Å². The molecule has 0 bridgehead atoms. The van der Waals surface area contributed by atoms with Gasteiger partial charge < -0.3 is 9.64 Å². The lowest BCUT2D eigenvalue weighted by Gasteiger charge is -2.41. The summed E-state index contributed by atoms with van der Waals surface area (Å²) in [5.74, 6) is -0.107. The van der Waals surface area contributed by atoms with E-state index >= 15 is 0 Å². The van der Waals surface area contributed by atoms with Gasteiger partial charge in [-0.15, -0.1) is 0 Å². The smallest absolute Gasteiger partial charge is 0.314 e. The van der Waals surface area contributed by atoms with Crippen LogP contribution in [0.5, 0.6) is 0 Å². The molecule has 0 saturated carbocycles. The molecule has 0 aromatic carbocycles. The zero-order valence-corrected chi connectivity index (χ0v) is 15.2. The molecule has 0 aromatic rings. The van der Waals surface area contributed by atoms with Gasteiger partial charge in [-0.05, 0) is 53.3 Å². The molecule has 0 saturated heterocycles. The van der Waals surface area contributed by atoms with Gasteiger partial charge in [0.25, 0.3) is 0 Å². The Morgan fingerprint density at radius 1 is 1.18 bits per heavy atom. The topological polar surface area (TPSA) is 29.5 Å². The number of allylic oxidation sites excluding steroid dienone is 2. The van der Waals surface area contributed by atoms with Crippen molar-refractivity contribution in [2.24, 2.45) is 5.41 Å². The van der Waals surface area contributed by atoms with Crippen molar-refractivity contribution >= 4 is 5.97 Å². The van der Waals surface area contributed by atoms with Crippen molar-refractivity contribution in [3.63, 3.8) is 0 Å². The summed E-state index contributed by atoms with van der Waals surface area (Å²) in [4.78, 5) is 15.0. The molecule has 126 valence electrons. The molecule has 3 nitrogen and oxygen atoms in total. The molecule has 1 atom stereocenters. The number of hydrogen-bond acceptors (Lipinski definition) is 3. The van der Waals surface area contributed by atoms with Crippen LogP contribution in [0, 0.1) is 5.41 Å². The van der Waals surface area contributed by atoms with Crippen molar-refractivity contribution < 1.29 is 9.53 Å². The van der Waals surface area contributed by atoms with Gasteiger partial charge in [-0.2, -0.15) is 0 Å². The first-order valence-electron chi connectivity index (χ1n) is 8.51. The minimum absolute atomic E-state index is 0.107. The van der Waals surface area contributed by atoms with E-state index in [0.717, 1.165) is 19.4 Å². The van der Waals surface area contributed by atoms with Gasteiger partial charge >= 0.3 is 5.97 Å². The number of carbonyl (C=O) groups excluding carboxylic acids is 1. The highest BCUT2D eigenvalue weighted by atomic mass is 16.6. The van der Waals surface area contributed by atoms with E-state index in [9.17, 15) is 4.79 Å². The van der Waals surface area contributed by atoms with Gasteiger partial charge in [-0.3, -0.25) is 4.79 Å². The first kappa shape index (κ1) is 18.8. The zero-order valence-electron chi connectivity index (χ0n) is 15.2. The molecule has 1 heterocycles. The van der Waals surface area contributed by atoms with E-state index < -0.39 is 11.0 Å². The summed E-state index contributed by atoms with van der Waals surface area (Å²) < 4.78 is 5.67. The van der Waals surface area contributed by atoms with E-state index in [0.29, 0.717) is 0 Å². The Balaban J connectivity index is 2.89. The molecule has 1 aliphatic rings. The molecule has 0 radical (unpaired) electrons. The van der Waals surface area contributed by atoms with Crippen molar-refractivity contribution in [2.45, 2.75) is 78.9 Å². The Hall–Kier alpha value is -1.25. The lowest BCUT2D eigenvalue weighted by Crippen LogP contribution is -2.49. The third-order valence-electron chi connectivity index (χ3n) is 4.08. The molecule has 1 unspecified atom stereocenters. The van der Waals surface area contributed by atoms with Crippen molar-refractivity contribution in [1.29, 1.82) is 0 Å². The minimum atomic E-state index is -0.531. The third kappa shape index (κ3) is 5.51. The van der Waals surface area contributed by atoms with Crippen LogP contribution in [0.1, 0.15) is 67.2 Å². The largest absolute Gasteiger partial charge is 0.459 e. The summed E-state index contributed by atoms with van der Waals surface area (Å²) in [6.07, 6.45) is 12.9. The maximum Gasteiger partial charge on any atom is 0.314 e. The number of unbranched alkanes of at least 4 members (excludes halogenated alkanes) is 2. The number of esters is 1. The summed E-state index contributed by atoms with van der Waals surface area (Å²) in [6.45, 7) is 12.9. The molecular formula is C19H33NO2. The second kappa shape index (κ2) is 7.85. The molecule has 0 amide bonds. The second-order valence-electron chi connectivity index (χ2n) is 7.70. The van der Waals surface area contributed by atoms with E-state index in [1.807, 2.05) is 40.7 Å². The number of ether oxygens (including phenoxy) is 1. The lowest BCUT2D eigenvalue weighted by molar-refractivity contribution is -0.169.